The second-order valence-corrected chi connectivity index (χ2v) is 6.77. The maximum Gasteiger partial charge on any atom is 0.254 e. The average molecular weight is 327 g/mol. The van der Waals surface area contributed by atoms with Gasteiger partial charge >= 0.3 is 0 Å². The number of amides is 1. The Morgan fingerprint density at radius 2 is 2.29 bits per heavy atom. The Bertz CT molecular complexity index is 786. The third-order valence-electron chi connectivity index (χ3n) is 5.41. The molecule has 1 spiro atoms. The first-order valence-corrected chi connectivity index (χ1v) is 8.32. The van der Waals surface area contributed by atoms with Gasteiger partial charge in [-0.25, -0.2) is 0 Å². The number of fused-ring (bicyclic) bond motifs is 2. The largest absolute Gasteiger partial charge is 0.504 e. The molecule has 2 heterocycles. The minimum Gasteiger partial charge on any atom is -0.504 e. The van der Waals surface area contributed by atoms with Crippen LogP contribution in [0.5, 0.6) is 11.5 Å². The van der Waals surface area contributed by atoms with Gasteiger partial charge in [-0.2, -0.15) is 5.10 Å². The van der Waals surface area contributed by atoms with Crippen molar-refractivity contribution in [3.63, 3.8) is 0 Å². The van der Waals surface area contributed by atoms with E-state index < -0.39 is 0 Å². The Labute approximate surface area is 140 Å². The number of phenols is 1. The molecule has 1 aliphatic carbocycles. The fourth-order valence-electron chi connectivity index (χ4n) is 4.17. The normalized spacial score (nSPS) is 22.6. The average Bonchev–Trinajstić information content (AvgIpc) is 3.20. The van der Waals surface area contributed by atoms with Crippen molar-refractivity contribution < 1.29 is 14.6 Å². The molecule has 1 aromatic carbocycles. The van der Waals surface area contributed by atoms with Gasteiger partial charge in [-0.05, 0) is 49.4 Å². The monoisotopic (exact) mass is 327 g/mol. The van der Waals surface area contributed by atoms with Crippen molar-refractivity contribution in [2.75, 3.05) is 20.2 Å². The van der Waals surface area contributed by atoms with Crippen LogP contribution in [0, 0.1) is 0 Å². The summed E-state index contributed by atoms with van der Waals surface area (Å²) in [5.41, 5.74) is 3.06. The number of phenolic OH excluding ortho intramolecular Hbond substituents is 1. The van der Waals surface area contributed by atoms with E-state index in [-0.39, 0.29) is 17.1 Å². The van der Waals surface area contributed by atoms with E-state index in [1.54, 1.807) is 12.1 Å². The highest BCUT2D eigenvalue weighted by atomic mass is 16.5. The molecule has 2 aliphatic rings. The minimum absolute atomic E-state index is 0.0136. The Kier molecular flexibility index (Phi) is 3.48. The second-order valence-electron chi connectivity index (χ2n) is 6.77. The van der Waals surface area contributed by atoms with Crippen LogP contribution in [0.3, 0.4) is 0 Å². The summed E-state index contributed by atoms with van der Waals surface area (Å²) in [6.07, 6.45) is 6.08. The van der Waals surface area contributed by atoms with Gasteiger partial charge in [0.2, 0.25) is 0 Å². The Balaban J connectivity index is 1.60. The molecule has 1 aromatic heterocycles. The molecule has 2 N–H and O–H groups in total. The van der Waals surface area contributed by atoms with Gasteiger partial charge in [0.15, 0.2) is 11.5 Å². The number of piperidine rings is 1. The number of H-pyrrole nitrogens is 1. The van der Waals surface area contributed by atoms with E-state index in [2.05, 4.69) is 10.2 Å². The third kappa shape index (κ3) is 2.25. The lowest BCUT2D eigenvalue weighted by Crippen LogP contribution is -2.47. The van der Waals surface area contributed by atoms with Crippen molar-refractivity contribution >= 4 is 5.91 Å². The number of carbonyl (C=O) groups excluding carboxylic acids is 1. The van der Waals surface area contributed by atoms with Crippen LogP contribution in [-0.2, 0) is 11.8 Å². The molecule has 24 heavy (non-hydrogen) atoms. The quantitative estimate of drug-likeness (QED) is 0.887. The predicted molar refractivity (Wildman–Crippen MR) is 88.4 cm³/mol. The zero-order chi connectivity index (χ0) is 16.7. The molecule has 0 bridgehead atoms. The standard InChI is InChI=1S/C18H21N3O3/c1-24-15-9-12(3-4-14(15)22)17(23)21-8-2-6-18(11-21)7-5-13-10-19-20-16(13)18/h3-4,9-10,22H,2,5-8,11H2,1H3,(H,19,20). The van der Waals surface area contributed by atoms with E-state index in [9.17, 15) is 9.90 Å². The Morgan fingerprint density at radius 1 is 1.42 bits per heavy atom. The fraction of sp³-hybridized carbons (Fsp3) is 0.444. The van der Waals surface area contributed by atoms with Gasteiger partial charge in [-0.3, -0.25) is 9.89 Å². The highest BCUT2D eigenvalue weighted by Gasteiger charge is 2.44. The molecule has 6 nitrogen and oxygen atoms in total. The molecule has 6 heteroatoms. The van der Waals surface area contributed by atoms with Crippen LogP contribution in [0.25, 0.3) is 0 Å². The number of hydrogen-bond donors (Lipinski definition) is 2. The van der Waals surface area contributed by atoms with E-state index in [1.807, 2.05) is 11.1 Å². The van der Waals surface area contributed by atoms with E-state index in [4.69, 9.17) is 4.74 Å². The number of nitrogens with one attached hydrogen (secondary N) is 1. The number of aromatic hydroxyl groups is 1. The van der Waals surface area contributed by atoms with Crippen LogP contribution >= 0.6 is 0 Å². The summed E-state index contributed by atoms with van der Waals surface area (Å²) < 4.78 is 5.12. The molecule has 126 valence electrons. The van der Waals surface area contributed by atoms with Gasteiger partial charge in [0.1, 0.15) is 0 Å². The maximum atomic E-state index is 12.9. The van der Waals surface area contributed by atoms with Gasteiger partial charge in [0.25, 0.3) is 5.91 Å². The molecule has 4 rings (SSSR count). The maximum absolute atomic E-state index is 12.9. The number of rotatable bonds is 2. The van der Waals surface area contributed by atoms with E-state index in [0.29, 0.717) is 17.9 Å². The van der Waals surface area contributed by atoms with Crippen molar-refractivity contribution in [3.05, 3.63) is 41.2 Å². The first-order valence-electron chi connectivity index (χ1n) is 8.32. The van der Waals surface area contributed by atoms with Gasteiger partial charge in [-0.1, -0.05) is 0 Å². The molecule has 1 amide bonds. The number of aromatic nitrogens is 2. The summed E-state index contributed by atoms with van der Waals surface area (Å²) in [4.78, 5) is 14.9. The zero-order valence-electron chi connectivity index (χ0n) is 13.7. The lowest BCUT2D eigenvalue weighted by Gasteiger charge is -2.40. The lowest BCUT2D eigenvalue weighted by atomic mass is 9.77. The summed E-state index contributed by atoms with van der Waals surface area (Å²) >= 11 is 0. The summed E-state index contributed by atoms with van der Waals surface area (Å²) in [5.74, 6) is 0.353. The van der Waals surface area contributed by atoms with Crippen molar-refractivity contribution in [1.82, 2.24) is 15.1 Å². The minimum atomic E-state index is -0.0136. The molecular weight excluding hydrogens is 306 g/mol. The number of likely N-dealkylation sites (tertiary alicyclic amines) is 1. The number of aromatic amines is 1. The van der Waals surface area contributed by atoms with Crippen LogP contribution in [0.2, 0.25) is 0 Å². The van der Waals surface area contributed by atoms with Gasteiger partial charge < -0.3 is 14.7 Å². The van der Waals surface area contributed by atoms with Crippen LogP contribution in [0.4, 0.5) is 0 Å². The predicted octanol–water partition coefficient (Wildman–Crippen LogP) is 2.24. The van der Waals surface area contributed by atoms with Crippen molar-refractivity contribution in [2.24, 2.45) is 0 Å². The third-order valence-corrected chi connectivity index (χ3v) is 5.41. The van der Waals surface area contributed by atoms with Gasteiger partial charge in [-0.15, -0.1) is 0 Å². The number of aryl methyl sites for hydroxylation is 1. The van der Waals surface area contributed by atoms with Crippen molar-refractivity contribution in [3.8, 4) is 11.5 Å². The zero-order valence-corrected chi connectivity index (χ0v) is 13.7. The second kappa shape index (κ2) is 5.54. The highest BCUT2D eigenvalue weighted by molar-refractivity contribution is 5.95. The molecule has 1 atom stereocenters. The summed E-state index contributed by atoms with van der Waals surface area (Å²) in [6.45, 7) is 1.47. The smallest absolute Gasteiger partial charge is 0.254 e. The SMILES string of the molecule is COc1cc(C(=O)N2CCCC3(CCc4cn[nH]c43)C2)ccc1O. The van der Waals surface area contributed by atoms with Crippen LogP contribution in [0.15, 0.2) is 24.4 Å². The number of hydrogen-bond acceptors (Lipinski definition) is 4. The van der Waals surface area contributed by atoms with Gasteiger partial charge in [0, 0.05) is 29.8 Å². The van der Waals surface area contributed by atoms with Crippen molar-refractivity contribution in [1.29, 1.82) is 0 Å². The molecule has 1 unspecified atom stereocenters. The molecule has 0 radical (unpaired) electrons. The first kappa shape index (κ1) is 15.1. The van der Waals surface area contributed by atoms with Crippen molar-refractivity contribution in [2.45, 2.75) is 31.1 Å². The molecule has 1 saturated heterocycles. The lowest BCUT2D eigenvalue weighted by molar-refractivity contribution is 0.0632. The Morgan fingerprint density at radius 3 is 3.12 bits per heavy atom. The number of benzene rings is 1. The van der Waals surface area contributed by atoms with E-state index in [0.717, 1.165) is 32.2 Å². The first-order chi connectivity index (χ1) is 11.6. The summed E-state index contributed by atoms with van der Waals surface area (Å²) in [5, 5.41) is 17.1. The summed E-state index contributed by atoms with van der Waals surface area (Å²) in [6, 6.07) is 4.77. The number of ether oxygens (including phenoxy) is 1. The van der Waals surface area contributed by atoms with Crippen LogP contribution < -0.4 is 4.74 Å². The van der Waals surface area contributed by atoms with Crippen LogP contribution in [0.1, 0.15) is 40.9 Å². The number of nitrogens with zero attached hydrogens (tertiary/aromatic N) is 2. The Hall–Kier alpha value is -2.50. The fourth-order valence-corrected chi connectivity index (χ4v) is 4.17. The van der Waals surface area contributed by atoms with E-state index >= 15 is 0 Å². The number of carbonyl (C=O) groups is 1. The topological polar surface area (TPSA) is 78.5 Å². The molecular formula is C18H21N3O3. The van der Waals surface area contributed by atoms with E-state index in [1.165, 1.54) is 24.4 Å². The number of methoxy groups -OCH3 is 1. The molecule has 0 saturated carbocycles. The molecule has 1 fully saturated rings. The van der Waals surface area contributed by atoms with Gasteiger partial charge in [0.05, 0.1) is 13.3 Å². The highest BCUT2D eigenvalue weighted by Crippen LogP contribution is 2.44. The molecule has 1 aliphatic heterocycles. The molecule has 2 aromatic rings. The van der Waals surface area contributed by atoms with Crippen LogP contribution in [-0.4, -0.2) is 46.3 Å². The summed E-state index contributed by atoms with van der Waals surface area (Å²) in [7, 11) is 1.48.